The third kappa shape index (κ3) is 3.07. The molecule has 7 heteroatoms. The average Bonchev–Trinajstić information content (AvgIpc) is 2.32. The molecular formula is C11H15ClFN3O2. The highest BCUT2D eigenvalue weighted by molar-refractivity contribution is 6.28. The molecule has 1 fully saturated rings. The molecule has 0 aromatic carbocycles. The standard InChI is InChI=1S/C11H15ClFN3O2/c1-16(7-11(17)2-4-18-5-3-11)9-8(13)6-14-10(12)15-9/h6,17H,2-5,7H2,1H3. The van der Waals surface area contributed by atoms with Crippen LogP contribution >= 0.6 is 11.6 Å². The first-order chi connectivity index (χ1) is 8.50. The Morgan fingerprint density at radius 2 is 2.22 bits per heavy atom. The van der Waals surface area contributed by atoms with Gasteiger partial charge in [0.1, 0.15) is 0 Å². The van der Waals surface area contributed by atoms with Crippen molar-refractivity contribution in [3.8, 4) is 0 Å². The van der Waals surface area contributed by atoms with Crippen LogP contribution in [-0.2, 0) is 4.74 Å². The fraction of sp³-hybridized carbons (Fsp3) is 0.636. The Morgan fingerprint density at radius 1 is 1.56 bits per heavy atom. The van der Waals surface area contributed by atoms with E-state index in [1.807, 2.05) is 0 Å². The van der Waals surface area contributed by atoms with Crippen molar-refractivity contribution in [2.24, 2.45) is 0 Å². The number of nitrogens with zero attached hydrogens (tertiary/aromatic N) is 3. The van der Waals surface area contributed by atoms with Crippen LogP contribution in [0.25, 0.3) is 0 Å². The summed E-state index contributed by atoms with van der Waals surface area (Å²) in [6.45, 7) is 1.30. The van der Waals surface area contributed by atoms with Crippen molar-refractivity contribution in [1.29, 1.82) is 0 Å². The van der Waals surface area contributed by atoms with Gasteiger partial charge in [0.2, 0.25) is 5.28 Å². The summed E-state index contributed by atoms with van der Waals surface area (Å²) >= 11 is 5.64. The first-order valence-corrected chi connectivity index (χ1v) is 6.07. The lowest BCUT2D eigenvalue weighted by atomic mass is 9.94. The molecule has 2 heterocycles. The molecule has 0 saturated carbocycles. The molecule has 1 aliphatic rings. The number of ether oxygens (including phenoxy) is 1. The minimum absolute atomic E-state index is 0.0165. The summed E-state index contributed by atoms with van der Waals surface area (Å²) in [5, 5.41) is 10.3. The number of likely N-dealkylation sites (N-methyl/N-ethyl adjacent to an activating group) is 1. The molecule has 1 aromatic rings. The maximum absolute atomic E-state index is 13.6. The van der Waals surface area contributed by atoms with Crippen LogP contribution in [0.1, 0.15) is 12.8 Å². The topological polar surface area (TPSA) is 58.5 Å². The van der Waals surface area contributed by atoms with E-state index in [0.29, 0.717) is 26.1 Å². The highest BCUT2D eigenvalue weighted by atomic mass is 35.5. The van der Waals surface area contributed by atoms with Gasteiger partial charge in [-0.05, 0) is 11.6 Å². The predicted molar refractivity (Wildman–Crippen MR) is 65.3 cm³/mol. The number of anilines is 1. The van der Waals surface area contributed by atoms with E-state index in [0.717, 1.165) is 6.20 Å². The molecule has 2 rings (SSSR count). The molecule has 5 nitrogen and oxygen atoms in total. The van der Waals surface area contributed by atoms with Crippen molar-refractivity contribution in [3.63, 3.8) is 0 Å². The number of hydrogen-bond donors (Lipinski definition) is 1. The first kappa shape index (κ1) is 13.5. The normalized spacial score (nSPS) is 18.7. The molecule has 0 unspecified atom stereocenters. The third-order valence-corrected chi connectivity index (χ3v) is 3.19. The lowest BCUT2D eigenvalue weighted by Gasteiger charge is -2.35. The summed E-state index contributed by atoms with van der Waals surface area (Å²) in [6.07, 6.45) is 2.07. The van der Waals surface area contributed by atoms with E-state index < -0.39 is 11.4 Å². The van der Waals surface area contributed by atoms with Crippen LogP contribution in [0.2, 0.25) is 5.28 Å². The minimum atomic E-state index is -0.878. The van der Waals surface area contributed by atoms with Crippen molar-refractivity contribution >= 4 is 17.4 Å². The summed E-state index contributed by atoms with van der Waals surface area (Å²) in [5.74, 6) is -0.465. The highest BCUT2D eigenvalue weighted by Crippen LogP contribution is 2.24. The molecule has 0 bridgehead atoms. The van der Waals surface area contributed by atoms with E-state index in [2.05, 4.69) is 9.97 Å². The zero-order valence-electron chi connectivity index (χ0n) is 10.1. The van der Waals surface area contributed by atoms with Crippen LogP contribution in [0.3, 0.4) is 0 Å². The van der Waals surface area contributed by atoms with E-state index in [1.165, 1.54) is 0 Å². The third-order valence-electron chi connectivity index (χ3n) is 3.01. The summed E-state index contributed by atoms with van der Waals surface area (Å²) in [4.78, 5) is 8.94. The molecule has 100 valence electrons. The van der Waals surface area contributed by atoms with E-state index >= 15 is 0 Å². The maximum Gasteiger partial charge on any atom is 0.224 e. The maximum atomic E-state index is 13.6. The number of rotatable bonds is 3. The number of halogens is 2. The van der Waals surface area contributed by atoms with Gasteiger partial charge in [-0.2, -0.15) is 4.98 Å². The quantitative estimate of drug-likeness (QED) is 0.842. The molecule has 1 saturated heterocycles. The summed E-state index contributed by atoms with van der Waals surface area (Å²) in [6, 6.07) is 0. The van der Waals surface area contributed by atoms with E-state index in [4.69, 9.17) is 16.3 Å². The Bertz CT molecular complexity index is 427. The monoisotopic (exact) mass is 275 g/mol. The summed E-state index contributed by atoms with van der Waals surface area (Å²) in [5.41, 5.74) is -0.878. The van der Waals surface area contributed by atoms with Crippen LogP contribution in [0, 0.1) is 5.82 Å². The van der Waals surface area contributed by atoms with Gasteiger partial charge in [-0.25, -0.2) is 9.37 Å². The molecule has 0 radical (unpaired) electrons. The largest absolute Gasteiger partial charge is 0.388 e. The van der Waals surface area contributed by atoms with E-state index in [9.17, 15) is 9.50 Å². The molecular weight excluding hydrogens is 261 g/mol. The Hall–Kier alpha value is -0.980. The SMILES string of the molecule is CN(CC1(O)CCOCC1)c1nc(Cl)ncc1F. The lowest BCUT2D eigenvalue weighted by Crippen LogP contribution is -2.46. The van der Waals surface area contributed by atoms with Gasteiger partial charge >= 0.3 is 0 Å². The summed E-state index contributed by atoms with van der Waals surface area (Å²) in [7, 11) is 1.66. The minimum Gasteiger partial charge on any atom is -0.388 e. The second-order valence-corrected chi connectivity index (χ2v) is 4.84. The van der Waals surface area contributed by atoms with Gasteiger partial charge in [-0.1, -0.05) is 0 Å². The average molecular weight is 276 g/mol. The van der Waals surface area contributed by atoms with Gasteiger partial charge in [0.25, 0.3) is 0 Å². The number of hydrogen-bond acceptors (Lipinski definition) is 5. The fourth-order valence-corrected chi connectivity index (χ4v) is 2.16. The van der Waals surface area contributed by atoms with Crippen molar-refractivity contribution in [3.05, 3.63) is 17.3 Å². The zero-order chi connectivity index (χ0) is 13.2. The molecule has 0 atom stereocenters. The van der Waals surface area contributed by atoms with Gasteiger partial charge in [-0.15, -0.1) is 0 Å². The van der Waals surface area contributed by atoms with Crippen molar-refractivity contribution in [1.82, 2.24) is 9.97 Å². The fourth-order valence-electron chi connectivity index (χ4n) is 2.03. The van der Waals surface area contributed by atoms with Gasteiger partial charge in [0.15, 0.2) is 11.6 Å². The summed E-state index contributed by atoms with van der Waals surface area (Å²) < 4.78 is 18.8. The van der Waals surface area contributed by atoms with E-state index in [1.54, 1.807) is 11.9 Å². The molecule has 1 N–H and O–H groups in total. The second-order valence-electron chi connectivity index (χ2n) is 4.50. The van der Waals surface area contributed by atoms with Gasteiger partial charge < -0.3 is 14.7 Å². The van der Waals surface area contributed by atoms with Gasteiger partial charge in [-0.3, -0.25) is 0 Å². The van der Waals surface area contributed by atoms with Crippen molar-refractivity contribution in [2.75, 3.05) is 31.7 Å². The van der Waals surface area contributed by atoms with Crippen LogP contribution in [0.4, 0.5) is 10.2 Å². The smallest absolute Gasteiger partial charge is 0.224 e. The second kappa shape index (κ2) is 5.34. The van der Waals surface area contributed by atoms with Crippen LogP contribution in [0.15, 0.2) is 6.20 Å². The Morgan fingerprint density at radius 3 is 2.89 bits per heavy atom. The van der Waals surface area contributed by atoms with Crippen molar-refractivity contribution in [2.45, 2.75) is 18.4 Å². The predicted octanol–water partition coefficient (Wildman–Crippen LogP) is 1.25. The van der Waals surface area contributed by atoms with Crippen molar-refractivity contribution < 1.29 is 14.2 Å². The molecule has 0 spiro atoms. The van der Waals surface area contributed by atoms with Gasteiger partial charge in [0, 0.05) is 39.6 Å². The highest BCUT2D eigenvalue weighted by Gasteiger charge is 2.32. The Balaban J connectivity index is 2.11. The van der Waals surface area contributed by atoms with Crippen LogP contribution < -0.4 is 4.90 Å². The molecule has 0 amide bonds. The van der Waals surface area contributed by atoms with Crippen LogP contribution in [0.5, 0.6) is 0 Å². The Kier molecular flexibility index (Phi) is 3.99. The molecule has 1 aromatic heterocycles. The zero-order valence-corrected chi connectivity index (χ0v) is 10.8. The lowest BCUT2D eigenvalue weighted by molar-refractivity contribution is -0.0573. The molecule has 18 heavy (non-hydrogen) atoms. The Labute approximate surface area is 110 Å². The molecule has 1 aliphatic heterocycles. The van der Waals surface area contributed by atoms with Crippen LogP contribution in [-0.4, -0.2) is 47.5 Å². The first-order valence-electron chi connectivity index (χ1n) is 5.69. The number of aliphatic hydroxyl groups is 1. The number of aromatic nitrogens is 2. The molecule has 0 aliphatic carbocycles. The van der Waals surface area contributed by atoms with E-state index in [-0.39, 0.29) is 17.6 Å². The van der Waals surface area contributed by atoms with Gasteiger partial charge in [0.05, 0.1) is 11.8 Å².